The Bertz CT molecular complexity index is 1550. The number of aromatic nitrogens is 4. The molecule has 0 radical (unpaired) electrons. The number of nitrogens with zero attached hydrogens (tertiary/aromatic N) is 4. The van der Waals surface area contributed by atoms with Crippen LogP contribution in [0.4, 0.5) is 26.2 Å². The van der Waals surface area contributed by atoms with Gasteiger partial charge in [0.2, 0.25) is 16.0 Å². The Hall–Kier alpha value is -4.17. The lowest BCUT2D eigenvalue weighted by atomic mass is 10.0. The minimum absolute atomic E-state index is 0.0600. The van der Waals surface area contributed by atoms with Gasteiger partial charge in [-0.1, -0.05) is 12.1 Å². The van der Waals surface area contributed by atoms with Crippen molar-refractivity contribution in [2.24, 2.45) is 0 Å². The smallest absolute Gasteiger partial charge is 0.232 e. The SMILES string of the molecule is CCOCC.COc1cc2nc(-c3cnc(N)nc3)nc(N)c2cc1-c1cccc(NS(=O)(=O)CCCF)c1F. The lowest BCUT2D eigenvalue weighted by molar-refractivity contribution is 0.162. The Kier molecular flexibility index (Phi) is 10.4. The first-order chi connectivity index (χ1) is 19.1. The van der Waals surface area contributed by atoms with Gasteiger partial charge in [-0.2, -0.15) is 0 Å². The number of sulfonamides is 1. The van der Waals surface area contributed by atoms with Crippen molar-refractivity contribution in [1.29, 1.82) is 0 Å². The maximum absolute atomic E-state index is 15.4. The van der Waals surface area contributed by atoms with E-state index in [1.54, 1.807) is 12.1 Å². The van der Waals surface area contributed by atoms with Gasteiger partial charge in [0, 0.05) is 48.2 Å². The molecule has 5 N–H and O–H groups in total. The summed E-state index contributed by atoms with van der Waals surface area (Å²) in [6.45, 7) is 4.87. The molecule has 2 aromatic heterocycles. The van der Waals surface area contributed by atoms with Gasteiger partial charge in [-0.25, -0.2) is 32.7 Å². The number of ether oxygens (including phenoxy) is 2. The standard InChI is InChI=1S/C22H21F2N7O3S.C4H10O/c1-34-18-9-17-15(20(25)30-21(29-17)12-10-27-22(26)28-11-12)8-14(18)13-4-2-5-16(19(13)24)31-35(32,33)7-3-6-23;1-3-5-4-2/h2,4-5,8-11,31H,3,6-7H2,1H3,(H2,25,29,30)(H2,26,27,28);3-4H2,1-2H3. The van der Waals surface area contributed by atoms with E-state index in [2.05, 4.69) is 24.7 Å². The quantitative estimate of drug-likeness (QED) is 0.249. The maximum atomic E-state index is 15.4. The normalized spacial score (nSPS) is 11.1. The molecule has 0 spiro atoms. The first-order valence-corrected chi connectivity index (χ1v) is 14.0. The van der Waals surface area contributed by atoms with Crippen LogP contribution in [-0.4, -0.2) is 61.1 Å². The largest absolute Gasteiger partial charge is 0.496 e. The number of anilines is 3. The van der Waals surface area contributed by atoms with E-state index in [9.17, 15) is 12.8 Å². The zero-order valence-electron chi connectivity index (χ0n) is 22.3. The van der Waals surface area contributed by atoms with Gasteiger partial charge in [-0.05, 0) is 32.4 Å². The molecule has 0 amide bonds. The molecule has 0 bridgehead atoms. The fraction of sp³-hybridized carbons (Fsp3) is 0.308. The van der Waals surface area contributed by atoms with E-state index in [1.165, 1.54) is 37.7 Å². The summed E-state index contributed by atoms with van der Waals surface area (Å²) in [5, 5.41) is 0.425. The van der Waals surface area contributed by atoms with E-state index in [0.717, 1.165) is 13.2 Å². The number of nitrogens with two attached hydrogens (primary N) is 2. The molecule has 0 saturated carbocycles. The number of fused-ring (bicyclic) bond motifs is 1. The number of methoxy groups -OCH3 is 1. The number of nitrogens with one attached hydrogen (secondary N) is 1. The van der Waals surface area contributed by atoms with Crippen molar-refractivity contribution in [3.8, 4) is 28.3 Å². The number of hydrogen-bond acceptors (Lipinski definition) is 10. The fourth-order valence-electron chi connectivity index (χ4n) is 3.63. The highest BCUT2D eigenvalue weighted by molar-refractivity contribution is 7.92. The summed E-state index contributed by atoms with van der Waals surface area (Å²) in [5.74, 6) is -0.546. The molecule has 0 saturated heterocycles. The minimum Gasteiger partial charge on any atom is -0.496 e. The van der Waals surface area contributed by atoms with Crippen LogP contribution in [0.5, 0.6) is 5.75 Å². The highest BCUT2D eigenvalue weighted by Gasteiger charge is 2.20. The molecule has 214 valence electrons. The van der Waals surface area contributed by atoms with Crippen molar-refractivity contribution >= 4 is 38.4 Å². The first kappa shape index (κ1) is 30.4. The summed E-state index contributed by atoms with van der Waals surface area (Å²) in [6, 6.07) is 7.36. The van der Waals surface area contributed by atoms with Crippen molar-refractivity contribution in [1.82, 2.24) is 19.9 Å². The first-order valence-electron chi connectivity index (χ1n) is 12.3. The Morgan fingerprint density at radius 2 is 1.73 bits per heavy atom. The second-order valence-corrected chi connectivity index (χ2v) is 10.1. The summed E-state index contributed by atoms with van der Waals surface area (Å²) >= 11 is 0. The van der Waals surface area contributed by atoms with Gasteiger partial charge in [0.05, 0.1) is 36.3 Å². The maximum Gasteiger partial charge on any atom is 0.232 e. The van der Waals surface area contributed by atoms with Crippen molar-refractivity contribution in [3.05, 3.63) is 48.5 Å². The number of alkyl halides is 1. The van der Waals surface area contributed by atoms with Crippen molar-refractivity contribution < 1.29 is 26.7 Å². The summed E-state index contributed by atoms with van der Waals surface area (Å²) in [5.41, 5.74) is 12.7. The van der Waals surface area contributed by atoms with Gasteiger partial charge in [-0.15, -0.1) is 0 Å². The van der Waals surface area contributed by atoms with Crippen LogP contribution in [-0.2, 0) is 14.8 Å². The number of rotatable bonds is 10. The summed E-state index contributed by atoms with van der Waals surface area (Å²) < 4.78 is 64.6. The lowest BCUT2D eigenvalue weighted by Gasteiger charge is -2.15. The zero-order valence-corrected chi connectivity index (χ0v) is 23.1. The average Bonchev–Trinajstić information content (AvgIpc) is 2.93. The van der Waals surface area contributed by atoms with Gasteiger partial charge in [0.1, 0.15) is 11.6 Å². The highest BCUT2D eigenvalue weighted by Crippen LogP contribution is 2.38. The monoisotopic (exact) mass is 575 g/mol. The van der Waals surface area contributed by atoms with Crippen LogP contribution in [0.15, 0.2) is 42.7 Å². The zero-order chi connectivity index (χ0) is 29.3. The molecular formula is C26H31F2N7O4S. The van der Waals surface area contributed by atoms with E-state index >= 15 is 4.39 Å². The average molecular weight is 576 g/mol. The third-order valence-electron chi connectivity index (χ3n) is 5.49. The van der Waals surface area contributed by atoms with Crippen LogP contribution in [0, 0.1) is 5.82 Å². The van der Waals surface area contributed by atoms with Crippen molar-refractivity contribution in [3.63, 3.8) is 0 Å². The summed E-state index contributed by atoms with van der Waals surface area (Å²) in [6.07, 6.45) is 2.73. The molecule has 4 rings (SSSR count). The molecule has 2 aromatic carbocycles. The predicted molar refractivity (Wildman–Crippen MR) is 152 cm³/mol. The molecule has 11 nitrogen and oxygen atoms in total. The molecule has 4 aromatic rings. The van der Waals surface area contributed by atoms with Crippen molar-refractivity contribution in [2.75, 3.05) is 48.9 Å². The van der Waals surface area contributed by atoms with Gasteiger partial charge >= 0.3 is 0 Å². The molecule has 0 aliphatic rings. The Morgan fingerprint density at radius 1 is 1.02 bits per heavy atom. The molecule has 14 heteroatoms. The van der Waals surface area contributed by atoms with Gasteiger partial charge in [0.15, 0.2) is 11.6 Å². The third kappa shape index (κ3) is 7.48. The number of nitrogen functional groups attached to an aromatic ring is 2. The van der Waals surface area contributed by atoms with Crippen LogP contribution in [0.3, 0.4) is 0 Å². The van der Waals surface area contributed by atoms with E-state index in [1.807, 2.05) is 13.8 Å². The number of hydrogen-bond donors (Lipinski definition) is 3. The van der Waals surface area contributed by atoms with E-state index in [-0.39, 0.29) is 41.0 Å². The summed E-state index contributed by atoms with van der Waals surface area (Å²) in [4.78, 5) is 16.6. The Labute approximate surface area is 231 Å². The summed E-state index contributed by atoms with van der Waals surface area (Å²) in [7, 11) is -2.52. The molecule has 0 aliphatic carbocycles. The topological polar surface area (TPSA) is 168 Å². The third-order valence-corrected chi connectivity index (χ3v) is 6.84. The van der Waals surface area contributed by atoms with Crippen LogP contribution in [0.2, 0.25) is 0 Å². The molecule has 0 aliphatic heterocycles. The molecule has 0 unspecified atom stereocenters. The lowest BCUT2D eigenvalue weighted by Crippen LogP contribution is -2.18. The minimum atomic E-state index is -3.93. The van der Waals surface area contributed by atoms with Crippen LogP contribution in [0.1, 0.15) is 20.3 Å². The molecular weight excluding hydrogens is 544 g/mol. The van der Waals surface area contributed by atoms with Crippen LogP contribution < -0.4 is 20.9 Å². The molecule has 2 heterocycles. The highest BCUT2D eigenvalue weighted by atomic mass is 32.2. The number of benzene rings is 2. The van der Waals surface area contributed by atoms with Crippen molar-refractivity contribution in [2.45, 2.75) is 20.3 Å². The molecule has 0 atom stereocenters. The predicted octanol–water partition coefficient (Wildman–Crippen LogP) is 4.21. The van der Waals surface area contributed by atoms with E-state index in [4.69, 9.17) is 20.9 Å². The van der Waals surface area contributed by atoms with Gasteiger partial charge in [0.25, 0.3) is 0 Å². The Balaban J connectivity index is 0.000000810. The van der Waals surface area contributed by atoms with Crippen LogP contribution >= 0.6 is 0 Å². The van der Waals surface area contributed by atoms with E-state index < -0.39 is 28.3 Å². The van der Waals surface area contributed by atoms with Gasteiger partial charge in [-0.3, -0.25) is 9.11 Å². The Morgan fingerprint density at radius 3 is 2.33 bits per heavy atom. The number of halogens is 2. The second-order valence-electron chi connectivity index (χ2n) is 8.24. The van der Waals surface area contributed by atoms with E-state index in [0.29, 0.717) is 22.0 Å². The van der Waals surface area contributed by atoms with Crippen LogP contribution in [0.25, 0.3) is 33.4 Å². The van der Waals surface area contributed by atoms with Gasteiger partial charge < -0.3 is 20.9 Å². The molecule has 40 heavy (non-hydrogen) atoms. The fourth-order valence-corrected chi connectivity index (χ4v) is 4.71. The molecule has 0 fully saturated rings. The second kappa shape index (κ2) is 13.8.